The van der Waals surface area contributed by atoms with Crippen LogP contribution in [0.15, 0.2) is 53.8 Å². The van der Waals surface area contributed by atoms with Gasteiger partial charge in [0.15, 0.2) is 12.6 Å². The molecule has 136 valence electrons. The van der Waals surface area contributed by atoms with Gasteiger partial charge in [-0.25, -0.2) is 0 Å². The number of alkyl halides is 3. The Hall–Kier alpha value is -2.64. The predicted octanol–water partition coefficient (Wildman–Crippen LogP) is 2.79. The summed E-state index contributed by atoms with van der Waals surface area (Å²) in [5.74, 6) is 0.847. The molecule has 1 aromatic carbocycles. The average Bonchev–Trinajstić information content (AvgIpc) is 3.10. The van der Waals surface area contributed by atoms with Gasteiger partial charge in [-0.05, 0) is 29.8 Å². The van der Waals surface area contributed by atoms with Crippen LogP contribution in [0.2, 0.25) is 0 Å². The van der Waals surface area contributed by atoms with Gasteiger partial charge in [-0.1, -0.05) is 12.1 Å². The molecule has 1 aromatic heterocycles. The molecule has 1 heterocycles. The Bertz CT molecular complexity index is 652. The van der Waals surface area contributed by atoms with E-state index in [1.807, 2.05) is 24.5 Å². The smallest absolute Gasteiger partial charge is 0.422 e. The number of hydrogen-bond donors (Lipinski definition) is 2. The van der Waals surface area contributed by atoms with Crippen LogP contribution in [0.4, 0.5) is 13.2 Å². The van der Waals surface area contributed by atoms with Gasteiger partial charge < -0.3 is 19.9 Å². The van der Waals surface area contributed by atoms with Crippen molar-refractivity contribution in [2.45, 2.75) is 19.3 Å². The van der Waals surface area contributed by atoms with E-state index >= 15 is 0 Å². The van der Waals surface area contributed by atoms with Gasteiger partial charge in [0, 0.05) is 39.1 Å². The predicted molar refractivity (Wildman–Crippen MR) is 90.6 cm³/mol. The number of aliphatic imine (C=N–C) groups is 1. The van der Waals surface area contributed by atoms with Crippen molar-refractivity contribution in [3.8, 4) is 5.75 Å². The molecule has 2 N–H and O–H groups in total. The minimum Gasteiger partial charge on any atom is -0.484 e. The molecule has 2 rings (SSSR count). The molecule has 0 spiro atoms. The van der Waals surface area contributed by atoms with Gasteiger partial charge in [-0.3, -0.25) is 4.99 Å². The largest absolute Gasteiger partial charge is 0.484 e. The van der Waals surface area contributed by atoms with Crippen LogP contribution in [0, 0.1) is 0 Å². The molecule has 0 unspecified atom stereocenters. The van der Waals surface area contributed by atoms with Gasteiger partial charge in [0.1, 0.15) is 5.75 Å². The van der Waals surface area contributed by atoms with Crippen LogP contribution < -0.4 is 15.4 Å². The van der Waals surface area contributed by atoms with Crippen molar-refractivity contribution in [1.82, 2.24) is 15.2 Å². The summed E-state index contributed by atoms with van der Waals surface area (Å²) in [5.41, 5.74) is 0.910. The summed E-state index contributed by atoms with van der Waals surface area (Å²) in [5, 5.41) is 6.34. The van der Waals surface area contributed by atoms with Gasteiger partial charge >= 0.3 is 6.18 Å². The van der Waals surface area contributed by atoms with Crippen molar-refractivity contribution in [2.24, 2.45) is 4.99 Å². The highest BCUT2D eigenvalue weighted by molar-refractivity contribution is 5.79. The molecule has 8 heteroatoms. The summed E-state index contributed by atoms with van der Waals surface area (Å²) >= 11 is 0. The van der Waals surface area contributed by atoms with E-state index in [0.29, 0.717) is 12.5 Å². The summed E-state index contributed by atoms with van der Waals surface area (Å²) in [4.78, 5) is 4.13. The van der Waals surface area contributed by atoms with Crippen molar-refractivity contribution >= 4 is 5.96 Å². The highest BCUT2D eigenvalue weighted by Crippen LogP contribution is 2.18. The standard InChI is InChI=1S/C17H21F3N4O/c1-21-16(22-8-11-24-9-2-3-10-24)23-12-14-4-6-15(7-5-14)25-13-17(18,19)20/h2-7,9-10H,8,11-13H2,1H3,(H2,21,22,23). The van der Waals surface area contributed by atoms with Gasteiger partial charge in [-0.2, -0.15) is 13.2 Å². The number of nitrogens with one attached hydrogen (secondary N) is 2. The van der Waals surface area contributed by atoms with Crippen LogP contribution >= 0.6 is 0 Å². The minimum atomic E-state index is -4.33. The molecule has 5 nitrogen and oxygen atoms in total. The van der Waals surface area contributed by atoms with Gasteiger partial charge in [-0.15, -0.1) is 0 Å². The maximum atomic E-state index is 12.1. The lowest BCUT2D eigenvalue weighted by molar-refractivity contribution is -0.153. The topological polar surface area (TPSA) is 50.6 Å². The molecule has 0 atom stereocenters. The van der Waals surface area contributed by atoms with Crippen molar-refractivity contribution < 1.29 is 17.9 Å². The lowest BCUT2D eigenvalue weighted by Crippen LogP contribution is -2.38. The summed E-state index contributed by atoms with van der Waals surface area (Å²) in [6.07, 6.45) is -0.362. The van der Waals surface area contributed by atoms with Crippen LogP contribution in [0.5, 0.6) is 5.75 Å². The minimum absolute atomic E-state index is 0.190. The van der Waals surface area contributed by atoms with E-state index < -0.39 is 12.8 Å². The maximum Gasteiger partial charge on any atom is 0.422 e. The Labute approximate surface area is 144 Å². The molecule has 0 fully saturated rings. The number of rotatable bonds is 7. The van der Waals surface area contributed by atoms with E-state index in [1.54, 1.807) is 19.2 Å². The number of aromatic nitrogens is 1. The highest BCUT2D eigenvalue weighted by Gasteiger charge is 2.28. The van der Waals surface area contributed by atoms with Gasteiger partial charge in [0.05, 0.1) is 0 Å². The third-order valence-corrected chi connectivity index (χ3v) is 3.34. The number of halogens is 3. The first-order chi connectivity index (χ1) is 12.0. The van der Waals surface area contributed by atoms with Crippen LogP contribution in [-0.2, 0) is 13.1 Å². The molecule has 0 amide bonds. The second-order valence-corrected chi connectivity index (χ2v) is 5.32. The lowest BCUT2D eigenvalue weighted by atomic mass is 10.2. The van der Waals surface area contributed by atoms with Gasteiger partial charge in [0.25, 0.3) is 0 Å². The number of ether oxygens (including phenoxy) is 1. The first-order valence-corrected chi connectivity index (χ1v) is 7.80. The highest BCUT2D eigenvalue weighted by atomic mass is 19.4. The molecule has 0 bridgehead atoms. The van der Waals surface area contributed by atoms with E-state index in [0.717, 1.165) is 18.7 Å². The molecule has 25 heavy (non-hydrogen) atoms. The number of benzene rings is 1. The fourth-order valence-corrected chi connectivity index (χ4v) is 2.10. The van der Waals surface area contributed by atoms with Crippen molar-refractivity contribution in [3.63, 3.8) is 0 Å². The van der Waals surface area contributed by atoms with Crippen LogP contribution in [0.25, 0.3) is 0 Å². The number of guanidine groups is 1. The Morgan fingerprint density at radius 1 is 1.12 bits per heavy atom. The summed E-state index contributed by atoms with van der Waals surface area (Å²) in [6.45, 7) is 0.753. The Morgan fingerprint density at radius 3 is 2.40 bits per heavy atom. The van der Waals surface area contributed by atoms with Crippen LogP contribution in [0.3, 0.4) is 0 Å². The number of hydrogen-bond acceptors (Lipinski definition) is 2. The van der Waals surface area contributed by atoms with Crippen molar-refractivity contribution in [3.05, 3.63) is 54.4 Å². The molecule has 0 radical (unpaired) electrons. The fourth-order valence-electron chi connectivity index (χ4n) is 2.10. The molecule has 2 aromatic rings. The molecule has 0 aliphatic rings. The van der Waals surface area contributed by atoms with E-state index in [1.165, 1.54) is 12.1 Å². The van der Waals surface area contributed by atoms with E-state index in [-0.39, 0.29) is 5.75 Å². The van der Waals surface area contributed by atoms with E-state index in [9.17, 15) is 13.2 Å². The quantitative estimate of drug-likeness (QED) is 0.594. The first kappa shape index (κ1) is 18.7. The molecule has 0 aliphatic heterocycles. The SMILES string of the molecule is CN=C(NCCn1cccc1)NCc1ccc(OCC(F)(F)F)cc1. The Morgan fingerprint density at radius 2 is 1.80 bits per heavy atom. The van der Waals surface area contributed by atoms with Crippen molar-refractivity contribution in [1.29, 1.82) is 0 Å². The van der Waals surface area contributed by atoms with Crippen LogP contribution in [0.1, 0.15) is 5.56 Å². The van der Waals surface area contributed by atoms with Crippen molar-refractivity contribution in [2.75, 3.05) is 20.2 Å². The third-order valence-electron chi connectivity index (χ3n) is 3.34. The van der Waals surface area contributed by atoms with Crippen LogP contribution in [-0.4, -0.2) is 36.9 Å². The normalized spacial score (nSPS) is 12.1. The second-order valence-electron chi connectivity index (χ2n) is 5.32. The summed E-state index contributed by atoms with van der Waals surface area (Å²) < 4.78 is 43.0. The monoisotopic (exact) mass is 354 g/mol. The number of nitrogens with zero attached hydrogens (tertiary/aromatic N) is 2. The Kier molecular flexibility index (Phi) is 6.73. The third kappa shape index (κ3) is 7.19. The van der Waals surface area contributed by atoms with E-state index in [4.69, 9.17) is 0 Å². The molecular weight excluding hydrogens is 333 g/mol. The maximum absolute atomic E-state index is 12.1. The molecule has 0 saturated heterocycles. The average molecular weight is 354 g/mol. The van der Waals surface area contributed by atoms with Gasteiger partial charge in [0.2, 0.25) is 0 Å². The zero-order valence-corrected chi connectivity index (χ0v) is 13.9. The Balaban J connectivity index is 1.73. The summed E-state index contributed by atoms with van der Waals surface area (Å²) in [6, 6.07) is 10.4. The second kappa shape index (κ2) is 9.00. The molecule has 0 aliphatic carbocycles. The zero-order chi connectivity index (χ0) is 18.1. The van der Waals surface area contributed by atoms with E-state index in [2.05, 4.69) is 24.9 Å². The lowest BCUT2D eigenvalue weighted by Gasteiger charge is -2.13. The molecule has 0 saturated carbocycles. The fraction of sp³-hybridized carbons (Fsp3) is 0.353. The summed E-state index contributed by atoms with van der Waals surface area (Å²) in [7, 11) is 1.68. The first-order valence-electron chi connectivity index (χ1n) is 7.80. The zero-order valence-electron chi connectivity index (χ0n) is 13.9. The molecular formula is C17H21F3N4O.